The van der Waals surface area contributed by atoms with Gasteiger partial charge in [-0.1, -0.05) is 78.1 Å². The molecule has 6 rings (SSSR count). The van der Waals surface area contributed by atoms with Crippen LogP contribution in [0.1, 0.15) is 90.9 Å². The van der Waals surface area contributed by atoms with Crippen molar-refractivity contribution in [2.45, 2.75) is 90.9 Å². The molecule has 0 aliphatic rings. The molecule has 0 unspecified atom stereocenters. The smallest absolute Gasteiger partial charge is 0.311 e. The Balaban J connectivity index is 0.000000359. The van der Waals surface area contributed by atoms with E-state index in [4.69, 9.17) is 45.6 Å². The fraction of sp³-hybridized carbons (Fsp3) is 0.379. The van der Waals surface area contributed by atoms with Gasteiger partial charge in [-0.2, -0.15) is 8.78 Å². The molecule has 0 heterocycles. The lowest BCUT2D eigenvalue weighted by Crippen LogP contribution is -2.05. The van der Waals surface area contributed by atoms with Gasteiger partial charge in [0.2, 0.25) is 23.1 Å². The minimum Gasteiger partial charge on any atom is -0.493 e. The number of benzene rings is 6. The summed E-state index contributed by atoms with van der Waals surface area (Å²) in [7, 11) is 9.00. The Morgan fingerprint density at radius 1 is 0.386 bits per heavy atom. The average Bonchev–Trinajstić information content (AvgIpc) is 2.17. The number of nitrogens with two attached hydrogens (primary N) is 3. The number of unbranched alkanes of at least 4 members (excludes halogenated alkanes) is 10. The van der Waals surface area contributed by atoms with Crippen molar-refractivity contribution in [2.75, 3.05) is 94.2 Å². The Hall–Kier alpha value is -10.4. The zero-order chi connectivity index (χ0) is 65.5. The highest BCUT2D eigenvalue weighted by molar-refractivity contribution is 5.86. The quantitative estimate of drug-likeness (QED) is 0.00920. The number of nitrogens with zero attached hydrogens (tertiary/aromatic N) is 5. The predicted molar refractivity (Wildman–Crippen MR) is 335 cm³/mol. The van der Waals surface area contributed by atoms with Gasteiger partial charge in [0.1, 0.15) is 23.1 Å². The molecule has 0 aliphatic heterocycles. The van der Waals surface area contributed by atoms with Gasteiger partial charge in [0.05, 0.1) is 84.7 Å². The van der Waals surface area contributed by atoms with E-state index in [0.29, 0.717) is 57.2 Å². The molecular weight excluding hydrogens is 1160 g/mol. The Morgan fingerprint density at radius 2 is 0.761 bits per heavy atom. The third-order valence-electron chi connectivity index (χ3n) is 12.8. The topological polar surface area (TPSA) is 397 Å². The summed E-state index contributed by atoms with van der Waals surface area (Å²) in [5.41, 5.74) is 17.9. The maximum Gasteiger partial charge on any atom is 0.311 e. The molecule has 0 saturated heterocycles. The summed E-state index contributed by atoms with van der Waals surface area (Å²) in [6, 6.07) is 19.1. The minimum atomic E-state index is -1.45. The maximum atomic E-state index is 12.6. The van der Waals surface area contributed by atoms with E-state index >= 15 is 0 Å². The van der Waals surface area contributed by atoms with Crippen LogP contribution in [-0.4, -0.2) is 80.4 Å². The maximum absolute atomic E-state index is 12.6. The number of rotatable bonds is 31. The highest BCUT2D eigenvalue weighted by Gasteiger charge is 2.27. The van der Waals surface area contributed by atoms with Crippen LogP contribution in [0.4, 0.5) is 88.4 Å². The Labute approximate surface area is 506 Å². The molecule has 6 aromatic carbocycles. The Morgan fingerprint density at radius 3 is 1.15 bits per heavy atom. The molecule has 0 aliphatic carbocycles. The number of nitro groups is 5. The van der Waals surface area contributed by atoms with Crippen LogP contribution in [0.2, 0.25) is 0 Å². The van der Waals surface area contributed by atoms with Gasteiger partial charge in [-0.25, -0.2) is 0 Å². The first-order valence-electron chi connectivity index (χ1n) is 27.6. The molecule has 30 heteroatoms. The molecular formula is C58H76F2N12O16. The van der Waals surface area contributed by atoms with Crippen LogP contribution in [0.5, 0.6) is 34.5 Å². The summed E-state index contributed by atoms with van der Waals surface area (Å²) in [5, 5.41) is 67.2. The van der Waals surface area contributed by atoms with Crippen LogP contribution in [0.25, 0.3) is 0 Å². The second-order valence-corrected chi connectivity index (χ2v) is 19.0. The third kappa shape index (κ3) is 22.2. The molecule has 6 aromatic rings. The van der Waals surface area contributed by atoms with Crippen LogP contribution in [0.3, 0.4) is 0 Å². The molecule has 0 atom stereocenters. The van der Waals surface area contributed by atoms with Crippen LogP contribution < -0.4 is 66.9 Å². The lowest BCUT2D eigenvalue weighted by Gasteiger charge is -2.16. The molecule has 0 bridgehead atoms. The van der Waals surface area contributed by atoms with Crippen LogP contribution >= 0.6 is 0 Å². The molecule has 0 aromatic heterocycles. The summed E-state index contributed by atoms with van der Waals surface area (Å²) < 4.78 is 56.6. The summed E-state index contributed by atoms with van der Waals surface area (Å²) in [5.74, 6) is -0.221. The van der Waals surface area contributed by atoms with Gasteiger partial charge in [-0.15, -0.1) is 0 Å². The number of nitro benzene ring substituents is 5. The number of halogens is 2. The first-order valence-corrected chi connectivity index (χ1v) is 27.6. The monoisotopic (exact) mass is 1230 g/mol. The summed E-state index contributed by atoms with van der Waals surface area (Å²) in [4.78, 5) is 50.5. The number of nitrogens with one attached hydrogen (secondary N) is 4. The number of hydrogen-bond acceptors (Lipinski definition) is 23. The van der Waals surface area contributed by atoms with Crippen LogP contribution in [0, 0.1) is 62.2 Å². The zero-order valence-electron chi connectivity index (χ0n) is 50.2. The van der Waals surface area contributed by atoms with Crippen LogP contribution in [-0.2, 0) is 0 Å². The van der Waals surface area contributed by atoms with E-state index in [1.54, 1.807) is 69.9 Å². The van der Waals surface area contributed by atoms with Crippen molar-refractivity contribution in [2.24, 2.45) is 0 Å². The van der Waals surface area contributed by atoms with Crippen molar-refractivity contribution in [1.82, 2.24) is 0 Å². The summed E-state index contributed by atoms with van der Waals surface area (Å²) in [6.07, 6.45) is 14.6. The molecule has 28 nitrogen and oxygen atoms in total. The van der Waals surface area contributed by atoms with Crippen molar-refractivity contribution in [1.29, 1.82) is 0 Å². The molecule has 0 saturated carbocycles. The standard InChI is InChI=1S/C29H38N6O7.C14H23N3O2.C9H13NO3.C6H2F2N2O4/c1-5-6-7-8-9-10-13-31-19-11-12-22(21(30)14-19)33-24-17-23(25(34(36)37)18-26(24)35(38)39)32-20-15-27(40-2)29(42-4)28(16-20)41-3;1-2-3-4-5-6-7-10-16-12-8-9-14(17(18)19)13(15)11-12;1-11-7-4-6(10)5-8(12-2)9(7)13-3;7-3-1-4(8)6(10(13)14)2-5(3)9(11)12/h11-12,14-18,31-33H,5-10,13,30H2,1-4H3;8-9,11,16H,2-7,10,15H2,1H3;4-5H,10H2,1-3H3;1-2H. The number of hydrogen-bond donors (Lipinski definition) is 7. The molecule has 478 valence electrons. The second kappa shape index (κ2) is 37.1. The van der Waals surface area contributed by atoms with Gasteiger partial charge in [0.15, 0.2) is 23.0 Å². The highest BCUT2D eigenvalue weighted by atomic mass is 19.1. The summed E-state index contributed by atoms with van der Waals surface area (Å²) in [6.45, 7) is 6.09. The van der Waals surface area contributed by atoms with Gasteiger partial charge in [-0.05, 0) is 49.2 Å². The van der Waals surface area contributed by atoms with E-state index in [9.17, 15) is 59.4 Å². The zero-order valence-corrected chi connectivity index (χ0v) is 50.2. The average molecular weight is 1240 g/mol. The van der Waals surface area contributed by atoms with E-state index in [-0.39, 0.29) is 34.9 Å². The number of methoxy groups -OCH3 is 6. The third-order valence-corrected chi connectivity index (χ3v) is 12.8. The number of nitrogen functional groups attached to an aromatic ring is 3. The molecule has 10 N–H and O–H groups in total. The van der Waals surface area contributed by atoms with Gasteiger partial charge in [0.25, 0.3) is 17.1 Å². The molecule has 0 amide bonds. The predicted octanol–water partition coefficient (Wildman–Crippen LogP) is 14.4. The highest BCUT2D eigenvalue weighted by Crippen LogP contribution is 2.44. The molecule has 0 radical (unpaired) electrons. The Bertz CT molecular complexity index is 3220. The number of ether oxygens (including phenoxy) is 6. The SMILES string of the molecule is CCCCCCCCNc1ccc(Nc2cc(Nc3cc(OC)c(OC)c(OC)c3)c([N+](=O)[O-])cc2[N+](=O)[O-])c(N)c1.CCCCCCCCNc1ccc([N+](=O)[O-])c(N)c1.COc1cc(N)cc(OC)c1OC.O=[N+]([O-])c1cc([N+](=O)[O-])c(F)cc1F. The van der Waals surface area contributed by atoms with E-state index < -0.39 is 59.0 Å². The number of anilines is 9. The lowest BCUT2D eigenvalue weighted by molar-refractivity contribution is -0.397. The van der Waals surface area contributed by atoms with Crippen molar-refractivity contribution in [3.63, 3.8) is 0 Å². The molecule has 0 fully saturated rings. The van der Waals surface area contributed by atoms with Gasteiger partial charge in [-0.3, -0.25) is 50.6 Å². The second-order valence-electron chi connectivity index (χ2n) is 19.0. The van der Waals surface area contributed by atoms with Gasteiger partial charge >= 0.3 is 11.4 Å². The fourth-order valence-electron chi connectivity index (χ4n) is 8.33. The fourth-order valence-corrected chi connectivity index (χ4v) is 8.33. The van der Waals surface area contributed by atoms with E-state index in [0.717, 1.165) is 49.8 Å². The van der Waals surface area contributed by atoms with Crippen molar-refractivity contribution in [3.8, 4) is 34.5 Å². The van der Waals surface area contributed by atoms with E-state index in [2.05, 4.69) is 35.1 Å². The first-order chi connectivity index (χ1) is 42.0. The lowest BCUT2D eigenvalue weighted by atomic mass is 10.1. The van der Waals surface area contributed by atoms with Gasteiger partial charge < -0.3 is 66.9 Å². The molecule has 88 heavy (non-hydrogen) atoms. The van der Waals surface area contributed by atoms with E-state index in [1.165, 1.54) is 91.2 Å². The van der Waals surface area contributed by atoms with Crippen molar-refractivity contribution >= 4 is 79.6 Å². The van der Waals surface area contributed by atoms with Crippen molar-refractivity contribution < 1.29 is 61.8 Å². The largest absolute Gasteiger partial charge is 0.493 e. The minimum absolute atomic E-state index is 0.00170. The van der Waals surface area contributed by atoms with Crippen molar-refractivity contribution in [3.05, 3.63) is 147 Å². The van der Waals surface area contributed by atoms with Gasteiger partial charge in [0, 0.05) is 72.2 Å². The van der Waals surface area contributed by atoms with Crippen LogP contribution in [0.15, 0.2) is 84.9 Å². The first kappa shape index (κ1) is 71.8. The Kier molecular flexibility index (Phi) is 30.3. The molecule has 0 spiro atoms. The summed E-state index contributed by atoms with van der Waals surface area (Å²) >= 11 is 0. The normalized spacial score (nSPS) is 10.2. The van der Waals surface area contributed by atoms with E-state index in [1.807, 2.05) is 6.07 Å².